The number of nitrogens with one attached hydrogen (secondary N) is 1. The molecule has 0 saturated carbocycles. The minimum atomic E-state index is 0.193. The SMILES string of the molecule is COc1ccc(NC(=S)N(Cc2ccccn2)C[C@H]2CCCO2)cc1OC. The Labute approximate surface area is 165 Å². The highest BCUT2D eigenvalue weighted by molar-refractivity contribution is 7.80. The van der Waals surface area contributed by atoms with Crippen molar-refractivity contribution >= 4 is 23.0 Å². The Kier molecular flexibility index (Phi) is 6.84. The van der Waals surface area contributed by atoms with Crippen molar-refractivity contribution in [2.45, 2.75) is 25.5 Å². The molecule has 0 unspecified atom stereocenters. The quantitative estimate of drug-likeness (QED) is 0.730. The number of ether oxygens (including phenoxy) is 3. The number of nitrogens with zero attached hydrogens (tertiary/aromatic N) is 2. The molecule has 1 aliphatic rings. The predicted molar refractivity (Wildman–Crippen MR) is 109 cm³/mol. The van der Waals surface area contributed by atoms with Crippen molar-refractivity contribution in [2.24, 2.45) is 0 Å². The first-order chi connectivity index (χ1) is 13.2. The van der Waals surface area contributed by atoms with Gasteiger partial charge in [0.25, 0.3) is 0 Å². The first-order valence-electron chi connectivity index (χ1n) is 8.99. The third-order valence-electron chi connectivity index (χ3n) is 4.45. The Bertz CT molecular complexity index is 751. The van der Waals surface area contributed by atoms with Gasteiger partial charge in [-0.1, -0.05) is 6.07 Å². The molecule has 6 nitrogen and oxygen atoms in total. The van der Waals surface area contributed by atoms with Crippen LogP contribution >= 0.6 is 12.2 Å². The zero-order chi connectivity index (χ0) is 19.1. The first kappa shape index (κ1) is 19.4. The average molecular weight is 388 g/mol. The molecule has 0 amide bonds. The van der Waals surface area contributed by atoms with E-state index in [1.807, 2.05) is 36.4 Å². The van der Waals surface area contributed by atoms with Gasteiger partial charge >= 0.3 is 0 Å². The van der Waals surface area contributed by atoms with E-state index in [1.54, 1.807) is 20.4 Å². The Hall–Kier alpha value is -2.38. The predicted octanol–water partition coefficient (Wildman–Crippen LogP) is 3.48. The van der Waals surface area contributed by atoms with Crippen LogP contribution in [0.2, 0.25) is 0 Å². The minimum absolute atomic E-state index is 0.193. The molecular weight excluding hydrogens is 362 g/mol. The number of hydrogen-bond donors (Lipinski definition) is 1. The second-order valence-corrected chi connectivity index (χ2v) is 6.72. The largest absolute Gasteiger partial charge is 0.493 e. The summed E-state index contributed by atoms with van der Waals surface area (Å²) in [4.78, 5) is 6.53. The number of benzene rings is 1. The van der Waals surface area contributed by atoms with Gasteiger partial charge in [0.05, 0.1) is 32.6 Å². The summed E-state index contributed by atoms with van der Waals surface area (Å²) in [5, 5.41) is 3.93. The third kappa shape index (κ3) is 5.30. The molecule has 144 valence electrons. The fraction of sp³-hybridized carbons (Fsp3) is 0.400. The minimum Gasteiger partial charge on any atom is -0.493 e. The van der Waals surface area contributed by atoms with Gasteiger partial charge in [0.1, 0.15) is 0 Å². The number of rotatable bonds is 7. The summed E-state index contributed by atoms with van der Waals surface area (Å²) in [5.41, 5.74) is 1.81. The average Bonchev–Trinajstić information content (AvgIpc) is 3.21. The summed E-state index contributed by atoms with van der Waals surface area (Å²) in [7, 11) is 3.23. The molecule has 27 heavy (non-hydrogen) atoms. The van der Waals surface area contributed by atoms with Crippen LogP contribution in [0.25, 0.3) is 0 Å². The number of pyridine rings is 1. The first-order valence-corrected chi connectivity index (χ1v) is 9.40. The van der Waals surface area contributed by atoms with Crippen LogP contribution in [-0.4, -0.2) is 48.5 Å². The molecule has 0 radical (unpaired) electrons. The number of methoxy groups -OCH3 is 2. The van der Waals surface area contributed by atoms with Crippen LogP contribution in [0.5, 0.6) is 11.5 Å². The highest BCUT2D eigenvalue weighted by Gasteiger charge is 2.21. The van der Waals surface area contributed by atoms with Crippen molar-refractivity contribution in [3.63, 3.8) is 0 Å². The van der Waals surface area contributed by atoms with Crippen LogP contribution in [0, 0.1) is 0 Å². The molecule has 0 bridgehead atoms. The normalized spacial score (nSPS) is 16.0. The van der Waals surface area contributed by atoms with Gasteiger partial charge in [0.15, 0.2) is 16.6 Å². The summed E-state index contributed by atoms with van der Waals surface area (Å²) in [6.07, 6.45) is 4.14. The van der Waals surface area contributed by atoms with Crippen molar-refractivity contribution in [1.29, 1.82) is 0 Å². The van der Waals surface area contributed by atoms with Gasteiger partial charge in [-0.2, -0.15) is 0 Å². The summed E-state index contributed by atoms with van der Waals surface area (Å²) < 4.78 is 16.5. The molecule has 1 aromatic carbocycles. The monoisotopic (exact) mass is 387 g/mol. The molecule has 1 saturated heterocycles. The molecule has 1 fully saturated rings. The molecule has 1 aromatic heterocycles. The topological polar surface area (TPSA) is 55.9 Å². The lowest BCUT2D eigenvalue weighted by atomic mass is 10.2. The highest BCUT2D eigenvalue weighted by atomic mass is 32.1. The van der Waals surface area contributed by atoms with E-state index in [1.165, 1.54) is 0 Å². The summed E-state index contributed by atoms with van der Waals surface area (Å²) in [5.74, 6) is 1.33. The lowest BCUT2D eigenvalue weighted by molar-refractivity contribution is 0.0903. The third-order valence-corrected chi connectivity index (χ3v) is 4.81. The van der Waals surface area contributed by atoms with Crippen LogP contribution < -0.4 is 14.8 Å². The molecule has 2 aromatic rings. The smallest absolute Gasteiger partial charge is 0.173 e. The number of aromatic nitrogens is 1. The van der Waals surface area contributed by atoms with Crippen molar-refractivity contribution < 1.29 is 14.2 Å². The zero-order valence-electron chi connectivity index (χ0n) is 15.7. The van der Waals surface area contributed by atoms with Gasteiger partial charge in [-0.3, -0.25) is 4.98 Å². The molecule has 0 aliphatic carbocycles. The van der Waals surface area contributed by atoms with Crippen LogP contribution in [-0.2, 0) is 11.3 Å². The van der Waals surface area contributed by atoms with E-state index in [2.05, 4.69) is 15.2 Å². The maximum absolute atomic E-state index is 5.80. The summed E-state index contributed by atoms with van der Waals surface area (Å²) in [6, 6.07) is 11.5. The summed E-state index contributed by atoms with van der Waals surface area (Å²) >= 11 is 5.69. The lowest BCUT2D eigenvalue weighted by Crippen LogP contribution is -2.39. The Morgan fingerprint density at radius 3 is 2.78 bits per heavy atom. The molecule has 0 spiro atoms. The van der Waals surface area contributed by atoms with E-state index in [4.69, 9.17) is 26.4 Å². The maximum atomic E-state index is 5.80. The van der Waals surface area contributed by atoms with Gasteiger partial charge in [-0.05, 0) is 49.3 Å². The van der Waals surface area contributed by atoms with E-state index in [0.717, 1.165) is 37.4 Å². The van der Waals surface area contributed by atoms with Gasteiger partial charge in [-0.15, -0.1) is 0 Å². The Morgan fingerprint density at radius 1 is 1.26 bits per heavy atom. The number of thiocarbonyl (C=S) groups is 1. The lowest BCUT2D eigenvalue weighted by Gasteiger charge is -2.28. The van der Waals surface area contributed by atoms with Crippen molar-refractivity contribution in [3.05, 3.63) is 48.3 Å². The molecule has 1 aliphatic heterocycles. The van der Waals surface area contributed by atoms with E-state index >= 15 is 0 Å². The molecular formula is C20H25N3O3S. The van der Waals surface area contributed by atoms with Crippen molar-refractivity contribution in [3.8, 4) is 11.5 Å². The molecule has 3 rings (SSSR count). The van der Waals surface area contributed by atoms with Crippen molar-refractivity contribution in [2.75, 3.05) is 32.7 Å². The molecule has 7 heteroatoms. The maximum Gasteiger partial charge on any atom is 0.173 e. The van der Waals surface area contributed by atoms with Crippen LogP contribution in [0.4, 0.5) is 5.69 Å². The highest BCUT2D eigenvalue weighted by Crippen LogP contribution is 2.30. The van der Waals surface area contributed by atoms with Gasteiger partial charge in [-0.25, -0.2) is 0 Å². The van der Waals surface area contributed by atoms with Gasteiger partial charge in [0.2, 0.25) is 0 Å². The fourth-order valence-corrected chi connectivity index (χ4v) is 3.31. The Morgan fingerprint density at radius 2 is 2.11 bits per heavy atom. The second kappa shape index (κ2) is 9.53. The molecule has 1 N–H and O–H groups in total. The van der Waals surface area contributed by atoms with E-state index < -0.39 is 0 Å². The second-order valence-electron chi connectivity index (χ2n) is 6.34. The number of hydrogen-bond acceptors (Lipinski definition) is 5. The van der Waals surface area contributed by atoms with E-state index in [9.17, 15) is 0 Å². The van der Waals surface area contributed by atoms with Gasteiger partial charge in [0, 0.05) is 31.1 Å². The summed E-state index contributed by atoms with van der Waals surface area (Å²) in [6.45, 7) is 2.17. The standard InChI is InChI=1S/C20H25N3O3S/c1-24-18-9-8-15(12-19(18)25-2)22-20(27)23(14-17-7-5-11-26-17)13-16-6-3-4-10-21-16/h3-4,6,8-10,12,17H,5,7,11,13-14H2,1-2H3,(H,22,27)/t17-/m1/s1. The van der Waals surface area contributed by atoms with E-state index in [-0.39, 0.29) is 6.10 Å². The van der Waals surface area contributed by atoms with Crippen LogP contribution in [0.3, 0.4) is 0 Å². The number of anilines is 1. The van der Waals surface area contributed by atoms with E-state index in [0.29, 0.717) is 23.2 Å². The van der Waals surface area contributed by atoms with Crippen molar-refractivity contribution in [1.82, 2.24) is 9.88 Å². The molecule has 1 atom stereocenters. The van der Waals surface area contributed by atoms with Crippen LogP contribution in [0.15, 0.2) is 42.6 Å². The Balaban J connectivity index is 1.73. The van der Waals surface area contributed by atoms with Crippen LogP contribution in [0.1, 0.15) is 18.5 Å². The molecule has 2 heterocycles. The zero-order valence-corrected chi connectivity index (χ0v) is 16.5. The van der Waals surface area contributed by atoms with Gasteiger partial charge < -0.3 is 24.4 Å². The fourth-order valence-electron chi connectivity index (χ4n) is 3.06.